The van der Waals surface area contributed by atoms with Crippen molar-refractivity contribution in [2.45, 2.75) is 0 Å². The Kier molecular flexibility index (Phi) is 5.94. The maximum atomic E-state index is 12.0. The molecular weight excluding hydrogens is 296 g/mol. The van der Waals surface area contributed by atoms with Crippen LogP contribution in [0.15, 0.2) is 12.3 Å². The summed E-state index contributed by atoms with van der Waals surface area (Å²) in [5.41, 5.74) is 0.489. The van der Waals surface area contributed by atoms with Gasteiger partial charge in [-0.1, -0.05) is 11.6 Å². The lowest BCUT2D eigenvalue weighted by Gasteiger charge is -2.25. The Labute approximate surface area is 128 Å². The second-order valence-corrected chi connectivity index (χ2v) is 6.15. The number of anilines is 1. The topological polar surface area (TPSA) is 57.3 Å². The number of hydrogen-bond donors (Lipinski definition) is 2. The number of aromatic nitrogens is 1. The van der Waals surface area contributed by atoms with E-state index in [1.165, 1.54) is 17.7 Å². The van der Waals surface area contributed by atoms with E-state index in [9.17, 15) is 4.79 Å². The Balaban J connectivity index is 1.80. The molecule has 0 saturated carbocycles. The lowest BCUT2D eigenvalue weighted by Crippen LogP contribution is -2.39. The Morgan fingerprint density at radius 2 is 2.25 bits per heavy atom. The van der Waals surface area contributed by atoms with Gasteiger partial charge in [0.05, 0.1) is 10.6 Å². The number of carbonyl (C=O) groups is 1. The molecule has 7 heteroatoms. The fourth-order valence-corrected chi connectivity index (χ4v) is 3.24. The summed E-state index contributed by atoms with van der Waals surface area (Å²) in [4.78, 5) is 18.5. The van der Waals surface area contributed by atoms with Gasteiger partial charge >= 0.3 is 0 Å². The molecule has 110 valence electrons. The van der Waals surface area contributed by atoms with Gasteiger partial charge in [0.25, 0.3) is 5.91 Å². The molecule has 0 unspecified atom stereocenters. The zero-order valence-corrected chi connectivity index (χ0v) is 13.1. The van der Waals surface area contributed by atoms with Crippen molar-refractivity contribution < 1.29 is 4.79 Å². The molecule has 0 radical (unpaired) electrons. The number of rotatable bonds is 5. The first kappa shape index (κ1) is 15.4. The van der Waals surface area contributed by atoms with Crippen molar-refractivity contribution >= 4 is 35.1 Å². The van der Waals surface area contributed by atoms with Crippen LogP contribution in [0.3, 0.4) is 0 Å². The van der Waals surface area contributed by atoms with Gasteiger partial charge in [-0.3, -0.25) is 9.69 Å². The highest BCUT2D eigenvalue weighted by atomic mass is 35.5. The summed E-state index contributed by atoms with van der Waals surface area (Å²) in [6.07, 6.45) is 1.53. The summed E-state index contributed by atoms with van der Waals surface area (Å²) >= 11 is 8.00. The summed E-state index contributed by atoms with van der Waals surface area (Å²) in [6, 6.07) is 1.63. The van der Waals surface area contributed by atoms with Crippen LogP contribution in [-0.2, 0) is 0 Å². The molecule has 20 heavy (non-hydrogen) atoms. The van der Waals surface area contributed by atoms with Crippen molar-refractivity contribution in [2.24, 2.45) is 0 Å². The van der Waals surface area contributed by atoms with Crippen LogP contribution in [0.25, 0.3) is 0 Å². The molecule has 2 heterocycles. The normalized spacial score (nSPS) is 15.9. The minimum atomic E-state index is -0.131. The Morgan fingerprint density at radius 3 is 2.90 bits per heavy atom. The second-order valence-electron chi connectivity index (χ2n) is 4.51. The lowest BCUT2D eigenvalue weighted by molar-refractivity contribution is 0.0948. The van der Waals surface area contributed by atoms with Crippen LogP contribution in [0.5, 0.6) is 0 Å². The number of amides is 1. The highest BCUT2D eigenvalue weighted by molar-refractivity contribution is 7.99. The smallest absolute Gasteiger partial charge is 0.252 e. The molecule has 5 nitrogen and oxygen atoms in total. The molecule has 2 N–H and O–H groups in total. The van der Waals surface area contributed by atoms with Gasteiger partial charge in [-0.25, -0.2) is 4.98 Å². The first-order valence-corrected chi connectivity index (χ1v) is 8.15. The molecule has 0 spiro atoms. The predicted molar refractivity (Wildman–Crippen MR) is 84.9 cm³/mol. The maximum absolute atomic E-state index is 12.0. The van der Waals surface area contributed by atoms with E-state index in [0.717, 1.165) is 19.6 Å². The van der Waals surface area contributed by atoms with Gasteiger partial charge in [0.2, 0.25) is 0 Å². The summed E-state index contributed by atoms with van der Waals surface area (Å²) in [5, 5.41) is 6.22. The number of pyridine rings is 1. The molecule has 1 amide bonds. The monoisotopic (exact) mass is 314 g/mol. The van der Waals surface area contributed by atoms with E-state index in [4.69, 9.17) is 11.6 Å². The van der Waals surface area contributed by atoms with E-state index < -0.39 is 0 Å². The molecule has 0 bridgehead atoms. The molecule has 1 fully saturated rings. The predicted octanol–water partition coefficient (Wildman–Crippen LogP) is 1.56. The fourth-order valence-electron chi connectivity index (χ4n) is 2.00. The number of nitrogens with zero attached hydrogens (tertiary/aromatic N) is 2. The van der Waals surface area contributed by atoms with E-state index in [1.54, 1.807) is 13.1 Å². The summed E-state index contributed by atoms with van der Waals surface area (Å²) in [5.74, 6) is 2.81. The Morgan fingerprint density at radius 1 is 1.50 bits per heavy atom. The highest BCUT2D eigenvalue weighted by Crippen LogP contribution is 2.19. The summed E-state index contributed by atoms with van der Waals surface area (Å²) in [6.45, 7) is 3.74. The molecule has 1 aliphatic heterocycles. The molecule has 0 aromatic carbocycles. The van der Waals surface area contributed by atoms with Crippen LogP contribution in [0, 0.1) is 0 Å². The maximum Gasteiger partial charge on any atom is 0.252 e. The fraction of sp³-hybridized carbons (Fsp3) is 0.538. The number of nitrogens with one attached hydrogen (secondary N) is 2. The average Bonchev–Trinajstić information content (AvgIpc) is 2.48. The minimum Gasteiger partial charge on any atom is -0.372 e. The van der Waals surface area contributed by atoms with E-state index >= 15 is 0 Å². The quantitative estimate of drug-likeness (QED) is 0.864. The highest BCUT2D eigenvalue weighted by Gasteiger charge is 2.12. The first-order valence-electron chi connectivity index (χ1n) is 6.62. The molecule has 2 rings (SSSR count). The molecule has 0 aliphatic carbocycles. The molecule has 1 aromatic heterocycles. The van der Waals surface area contributed by atoms with Gasteiger partial charge in [-0.2, -0.15) is 11.8 Å². The Bertz CT molecular complexity index is 466. The number of thioether (sulfide) groups is 1. The standard InChI is InChI=1S/C13H19ClN4OS/c1-15-12-11(14)8-10(9-17-12)13(19)16-2-3-18-4-6-20-7-5-18/h8-9H,2-7H2,1H3,(H,15,17)(H,16,19). The van der Waals surface area contributed by atoms with Gasteiger partial charge in [0.1, 0.15) is 5.82 Å². The van der Waals surface area contributed by atoms with Gasteiger partial charge in [0, 0.05) is 50.9 Å². The van der Waals surface area contributed by atoms with Crippen molar-refractivity contribution in [3.63, 3.8) is 0 Å². The van der Waals surface area contributed by atoms with E-state index in [-0.39, 0.29) is 5.91 Å². The van der Waals surface area contributed by atoms with Gasteiger partial charge < -0.3 is 10.6 Å². The summed E-state index contributed by atoms with van der Waals surface area (Å²) < 4.78 is 0. The third-order valence-electron chi connectivity index (χ3n) is 3.16. The zero-order chi connectivity index (χ0) is 14.4. The molecule has 0 atom stereocenters. The minimum absolute atomic E-state index is 0.131. The van der Waals surface area contributed by atoms with E-state index in [2.05, 4.69) is 20.5 Å². The number of carbonyl (C=O) groups excluding carboxylic acids is 1. The molecule has 1 saturated heterocycles. The van der Waals surface area contributed by atoms with Gasteiger partial charge in [-0.15, -0.1) is 0 Å². The summed E-state index contributed by atoms with van der Waals surface area (Å²) in [7, 11) is 1.74. The third-order valence-corrected chi connectivity index (χ3v) is 4.39. The SMILES string of the molecule is CNc1ncc(C(=O)NCCN2CCSCC2)cc1Cl. The van der Waals surface area contributed by atoms with Crippen LogP contribution >= 0.6 is 23.4 Å². The molecule has 1 aromatic rings. The van der Waals surface area contributed by atoms with Gasteiger partial charge in [0.15, 0.2) is 0 Å². The molecular formula is C13H19ClN4OS. The van der Waals surface area contributed by atoms with E-state index in [1.807, 2.05) is 11.8 Å². The molecule has 1 aliphatic rings. The van der Waals surface area contributed by atoms with Crippen LogP contribution in [0.4, 0.5) is 5.82 Å². The number of hydrogen-bond acceptors (Lipinski definition) is 5. The second kappa shape index (κ2) is 7.71. The van der Waals surface area contributed by atoms with Crippen molar-refractivity contribution in [3.05, 3.63) is 22.8 Å². The van der Waals surface area contributed by atoms with Crippen molar-refractivity contribution in [3.8, 4) is 0 Å². The zero-order valence-electron chi connectivity index (χ0n) is 11.5. The third kappa shape index (κ3) is 4.26. The average molecular weight is 315 g/mol. The van der Waals surface area contributed by atoms with Gasteiger partial charge in [-0.05, 0) is 6.07 Å². The lowest BCUT2D eigenvalue weighted by atomic mass is 10.2. The van der Waals surface area contributed by atoms with Crippen LogP contribution in [0.1, 0.15) is 10.4 Å². The largest absolute Gasteiger partial charge is 0.372 e. The van der Waals surface area contributed by atoms with E-state index in [0.29, 0.717) is 22.9 Å². The van der Waals surface area contributed by atoms with Crippen molar-refractivity contribution in [1.82, 2.24) is 15.2 Å². The van der Waals surface area contributed by atoms with Crippen molar-refractivity contribution in [2.75, 3.05) is 50.0 Å². The van der Waals surface area contributed by atoms with Crippen LogP contribution in [-0.4, -0.2) is 60.5 Å². The van der Waals surface area contributed by atoms with Crippen LogP contribution < -0.4 is 10.6 Å². The Hall–Kier alpha value is -0.980. The first-order chi connectivity index (χ1) is 9.70. The number of halogens is 1. The van der Waals surface area contributed by atoms with Crippen molar-refractivity contribution in [1.29, 1.82) is 0 Å². The van der Waals surface area contributed by atoms with Crippen LogP contribution in [0.2, 0.25) is 5.02 Å².